The zero-order valence-corrected chi connectivity index (χ0v) is 9.20. The van der Waals surface area contributed by atoms with E-state index in [1.54, 1.807) is 6.07 Å². The Balaban J connectivity index is 2.24. The number of benzene rings is 3. The van der Waals surface area contributed by atoms with Crippen molar-refractivity contribution < 1.29 is 4.11 Å². The summed E-state index contributed by atoms with van der Waals surface area (Å²) in [6.45, 7) is -2.09. The third-order valence-electron chi connectivity index (χ3n) is 3.53. The van der Waals surface area contributed by atoms with Crippen molar-refractivity contribution in [3.63, 3.8) is 0 Å². The van der Waals surface area contributed by atoms with Gasteiger partial charge in [-0.25, -0.2) is 0 Å². The molecule has 0 saturated heterocycles. The molecule has 0 nitrogen and oxygen atoms in total. The maximum absolute atomic E-state index is 7.79. The highest BCUT2D eigenvalue weighted by Crippen LogP contribution is 2.48. The zero-order chi connectivity index (χ0) is 13.9. The maximum atomic E-state index is 7.79. The molecular weight excluding hydrogens is 204 g/mol. The molecule has 1 aliphatic rings. The number of fused-ring (bicyclic) bond motifs is 3. The van der Waals surface area contributed by atoms with Crippen LogP contribution >= 0.6 is 0 Å². The van der Waals surface area contributed by atoms with E-state index in [1.807, 2.05) is 36.4 Å². The first-order chi connectivity index (χ1) is 9.57. The van der Waals surface area contributed by atoms with Gasteiger partial charge in [0.1, 0.15) is 0 Å². The summed E-state index contributed by atoms with van der Waals surface area (Å²) in [6.07, 6.45) is 0. The summed E-state index contributed by atoms with van der Waals surface area (Å²) in [5, 5.41) is 2.17. The molecule has 0 amide bonds. The van der Waals surface area contributed by atoms with Crippen molar-refractivity contribution in [3.8, 4) is 22.3 Å². The van der Waals surface area contributed by atoms with Gasteiger partial charge in [-0.15, -0.1) is 0 Å². The molecule has 0 bridgehead atoms. The smallest absolute Gasteiger partial charge is 0.0280 e. The van der Waals surface area contributed by atoms with Gasteiger partial charge in [0.2, 0.25) is 0 Å². The standard InChI is InChI=1S/C17H12/c1-11-9-10-12-5-4-8-15-13-6-2-3-7-14(13)16(11)17(12)15/h2-10H,1H3/i1D3. The van der Waals surface area contributed by atoms with E-state index < -0.39 is 6.85 Å². The summed E-state index contributed by atoms with van der Waals surface area (Å²) >= 11 is 0. The Bertz CT molecular complexity index is 844. The highest BCUT2D eigenvalue weighted by molar-refractivity contribution is 6.16. The van der Waals surface area contributed by atoms with Crippen LogP contribution in [0.4, 0.5) is 0 Å². The first-order valence-corrected chi connectivity index (χ1v) is 5.73. The van der Waals surface area contributed by atoms with Crippen molar-refractivity contribution >= 4 is 10.8 Å². The maximum Gasteiger partial charge on any atom is 0.0280 e. The van der Waals surface area contributed by atoms with Crippen molar-refractivity contribution in [2.45, 2.75) is 6.85 Å². The minimum absolute atomic E-state index is 0.447. The fourth-order valence-electron chi connectivity index (χ4n) is 2.82. The molecule has 0 heteroatoms. The van der Waals surface area contributed by atoms with Gasteiger partial charge < -0.3 is 0 Å². The summed E-state index contributed by atoms with van der Waals surface area (Å²) in [4.78, 5) is 0. The lowest BCUT2D eigenvalue weighted by Crippen LogP contribution is -1.80. The molecule has 0 aromatic heterocycles. The molecule has 0 atom stereocenters. The second-order valence-electron chi connectivity index (χ2n) is 4.44. The second-order valence-corrected chi connectivity index (χ2v) is 4.44. The molecule has 0 radical (unpaired) electrons. The Morgan fingerprint density at radius 1 is 0.765 bits per heavy atom. The molecule has 3 aromatic rings. The Hall–Kier alpha value is -2.08. The number of rotatable bonds is 0. The third-order valence-corrected chi connectivity index (χ3v) is 3.53. The van der Waals surface area contributed by atoms with Crippen LogP contribution in [0.5, 0.6) is 0 Å². The van der Waals surface area contributed by atoms with Gasteiger partial charge in [-0.1, -0.05) is 54.6 Å². The van der Waals surface area contributed by atoms with Gasteiger partial charge in [0.25, 0.3) is 0 Å². The van der Waals surface area contributed by atoms with Gasteiger partial charge >= 0.3 is 0 Å². The first kappa shape index (κ1) is 6.61. The van der Waals surface area contributed by atoms with Gasteiger partial charge in [-0.3, -0.25) is 0 Å². The topological polar surface area (TPSA) is 0 Å². The predicted molar refractivity (Wildman–Crippen MR) is 73.1 cm³/mol. The van der Waals surface area contributed by atoms with E-state index in [0.29, 0.717) is 5.56 Å². The number of hydrogen-bond donors (Lipinski definition) is 0. The zero-order valence-electron chi connectivity index (χ0n) is 12.2. The molecule has 0 N–H and O–H groups in total. The van der Waals surface area contributed by atoms with Crippen LogP contribution in [0.15, 0.2) is 54.6 Å². The van der Waals surface area contributed by atoms with Crippen LogP contribution in [0.3, 0.4) is 0 Å². The average Bonchev–Trinajstić information content (AvgIpc) is 2.76. The molecule has 3 aromatic carbocycles. The van der Waals surface area contributed by atoms with Gasteiger partial charge in [0.15, 0.2) is 0 Å². The molecule has 0 heterocycles. The molecule has 0 saturated carbocycles. The Morgan fingerprint density at radius 3 is 2.47 bits per heavy atom. The summed E-state index contributed by atoms with van der Waals surface area (Å²) in [5.74, 6) is 0. The normalized spacial score (nSPS) is 15.2. The van der Waals surface area contributed by atoms with Crippen LogP contribution in [-0.4, -0.2) is 0 Å². The summed E-state index contributed by atoms with van der Waals surface area (Å²) < 4.78 is 23.4. The highest BCUT2D eigenvalue weighted by atomic mass is 14.2. The molecule has 0 unspecified atom stereocenters. The molecule has 4 rings (SSSR count). The largest absolute Gasteiger partial charge is 0.0616 e. The van der Waals surface area contributed by atoms with Crippen LogP contribution in [0.25, 0.3) is 33.0 Å². The van der Waals surface area contributed by atoms with Crippen LogP contribution in [-0.2, 0) is 0 Å². The van der Waals surface area contributed by atoms with Crippen LogP contribution in [0.2, 0.25) is 0 Å². The lowest BCUT2D eigenvalue weighted by molar-refractivity contribution is 1.51. The quantitative estimate of drug-likeness (QED) is 0.398. The second kappa shape index (κ2) is 2.98. The fraction of sp³-hybridized carbons (Fsp3) is 0.0588. The van der Waals surface area contributed by atoms with Crippen LogP contribution < -0.4 is 0 Å². The Kier molecular flexibility index (Phi) is 1.16. The fourth-order valence-corrected chi connectivity index (χ4v) is 2.82. The first-order valence-electron chi connectivity index (χ1n) is 7.23. The van der Waals surface area contributed by atoms with Crippen LogP contribution in [0.1, 0.15) is 9.68 Å². The molecule has 17 heavy (non-hydrogen) atoms. The molecule has 1 aliphatic carbocycles. The average molecular weight is 219 g/mol. The summed E-state index contributed by atoms with van der Waals surface area (Å²) in [6, 6.07) is 17.8. The van der Waals surface area contributed by atoms with E-state index in [4.69, 9.17) is 4.11 Å². The molecule has 0 spiro atoms. The minimum Gasteiger partial charge on any atom is -0.0616 e. The highest BCUT2D eigenvalue weighted by Gasteiger charge is 2.21. The van der Waals surface area contributed by atoms with E-state index in [9.17, 15) is 0 Å². The molecule has 80 valence electrons. The van der Waals surface area contributed by atoms with Crippen molar-refractivity contribution in [2.75, 3.05) is 0 Å². The molecular formula is C17H12. The lowest BCUT2D eigenvalue weighted by Gasteiger charge is -2.05. The lowest BCUT2D eigenvalue weighted by atomic mass is 9.99. The van der Waals surface area contributed by atoms with Crippen molar-refractivity contribution in [1.29, 1.82) is 0 Å². The molecule has 0 aliphatic heterocycles. The van der Waals surface area contributed by atoms with Gasteiger partial charge in [-0.05, 0) is 45.4 Å². The minimum atomic E-state index is -2.09. The van der Waals surface area contributed by atoms with E-state index in [-0.39, 0.29) is 0 Å². The van der Waals surface area contributed by atoms with Crippen molar-refractivity contribution in [1.82, 2.24) is 0 Å². The molecule has 0 fully saturated rings. The Labute approximate surface area is 105 Å². The van der Waals surface area contributed by atoms with Crippen molar-refractivity contribution in [2.24, 2.45) is 0 Å². The summed E-state index contributed by atoms with van der Waals surface area (Å²) in [5.41, 5.74) is 4.63. The summed E-state index contributed by atoms with van der Waals surface area (Å²) in [7, 11) is 0. The Morgan fingerprint density at radius 2 is 1.59 bits per heavy atom. The SMILES string of the molecule is [2H]C([2H])([2H])c1ccc2cccc3c2c1-c1ccccc1-3. The monoisotopic (exact) mass is 219 g/mol. The van der Waals surface area contributed by atoms with Gasteiger partial charge in [0, 0.05) is 4.11 Å². The number of hydrogen-bond acceptors (Lipinski definition) is 0. The van der Waals surface area contributed by atoms with Gasteiger partial charge in [-0.2, -0.15) is 0 Å². The van der Waals surface area contributed by atoms with E-state index >= 15 is 0 Å². The van der Waals surface area contributed by atoms with E-state index in [1.165, 1.54) is 0 Å². The van der Waals surface area contributed by atoms with E-state index in [2.05, 4.69) is 12.1 Å². The van der Waals surface area contributed by atoms with Crippen LogP contribution in [0, 0.1) is 6.85 Å². The van der Waals surface area contributed by atoms with E-state index in [0.717, 1.165) is 33.0 Å². The van der Waals surface area contributed by atoms with Crippen molar-refractivity contribution in [3.05, 3.63) is 60.2 Å². The third kappa shape index (κ3) is 1.03. The predicted octanol–water partition coefficient (Wildman–Crippen LogP) is 4.80. The van der Waals surface area contributed by atoms with Gasteiger partial charge in [0.05, 0.1) is 0 Å². The number of aryl methyl sites for hydroxylation is 1.